The van der Waals surface area contributed by atoms with Crippen LogP contribution >= 0.6 is 0 Å². The molecule has 1 amide bonds. The van der Waals surface area contributed by atoms with Gasteiger partial charge in [0.15, 0.2) is 0 Å². The number of carbonyl (C=O) groups excluding carboxylic acids is 1. The molecule has 2 heterocycles. The van der Waals surface area contributed by atoms with Gasteiger partial charge in [0.05, 0.1) is 0 Å². The van der Waals surface area contributed by atoms with Gasteiger partial charge in [0.25, 0.3) is 5.91 Å². The number of benzene rings is 3. The van der Waals surface area contributed by atoms with Gasteiger partial charge in [-0.1, -0.05) is 72.8 Å². The molecule has 0 unspecified atom stereocenters. The van der Waals surface area contributed by atoms with E-state index in [1.165, 1.54) is 29.5 Å². The van der Waals surface area contributed by atoms with Crippen LogP contribution in [0.3, 0.4) is 0 Å². The lowest BCUT2D eigenvalue weighted by atomic mass is 9.85. The van der Waals surface area contributed by atoms with Crippen LogP contribution < -0.4 is 0 Å². The highest BCUT2D eigenvalue weighted by Gasteiger charge is 2.37. The second-order valence-electron chi connectivity index (χ2n) is 9.78. The number of aryl methyl sites for hydroxylation is 1. The van der Waals surface area contributed by atoms with Crippen LogP contribution in [-0.2, 0) is 0 Å². The minimum absolute atomic E-state index is 0.164. The first-order valence-corrected chi connectivity index (χ1v) is 12.4. The van der Waals surface area contributed by atoms with E-state index in [0.717, 1.165) is 38.3 Å². The van der Waals surface area contributed by atoms with Gasteiger partial charge in [0.1, 0.15) is 0 Å². The van der Waals surface area contributed by atoms with Crippen LogP contribution in [0.25, 0.3) is 0 Å². The van der Waals surface area contributed by atoms with Crippen molar-refractivity contribution in [2.75, 3.05) is 32.7 Å². The van der Waals surface area contributed by atoms with Crippen molar-refractivity contribution in [3.05, 3.63) is 107 Å². The maximum atomic E-state index is 13.2. The van der Waals surface area contributed by atoms with E-state index in [9.17, 15) is 4.79 Å². The normalized spacial score (nSPS) is 21.9. The van der Waals surface area contributed by atoms with Crippen LogP contribution in [0.1, 0.15) is 51.7 Å². The number of amides is 1. The quantitative estimate of drug-likeness (QED) is 0.508. The molecule has 0 N–H and O–H groups in total. The Kier molecular flexibility index (Phi) is 6.59. The highest BCUT2D eigenvalue weighted by Crippen LogP contribution is 2.36. The molecule has 0 aromatic heterocycles. The van der Waals surface area contributed by atoms with Crippen LogP contribution in [0.15, 0.2) is 84.9 Å². The number of rotatable bonds is 5. The summed E-state index contributed by atoms with van der Waals surface area (Å²) in [5.74, 6) is 1.70. The predicted molar refractivity (Wildman–Crippen MR) is 135 cm³/mol. The molecule has 3 nitrogen and oxygen atoms in total. The monoisotopic (exact) mass is 438 g/mol. The van der Waals surface area contributed by atoms with E-state index in [2.05, 4.69) is 71.3 Å². The average molecular weight is 439 g/mol. The van der Waals surface area contributed by atoms with E-state index in [-0.39, 0.29) is 5.91 Å². The van der Waals surface area contributed by atoms with Crippen molar-refractivity contribution in [3.63, 3.8) is 0 Å². The summed E-state index contributed by atoms with van der Waals surface area (Å²) in [6.45, 7) is 7.24. The van der Waals surface area contributed by atoms with Crippen LogP contribution in [0.5, 0.6) is 0 Å². The van der Waals surface area contributed by atoms with Crippen molar-refractivity contribution in [3.8, 4) is 0 Å². The van der Waals surface area contributed by atoms with Crippen molar-refractivity contribution < 1.29 is 4.79 Å². The lowest BCUT2D eigenvalue weighted by Crippen LogP contribution is -2.38. The second kappa shape index (κ2) is 9.93. The number of likely N-dealkylation sites (tertiary alicyclic amines) is 2. The Morgan fingerprint density at radius 2 is 1.45 bits per heavy atom. The Labute approximate surface area is 198 Å². The van der Waals surface area contributed by atoms with Gasteiger partial charge < -0.3 is 9.80 Å². The van der Waals surface area contributed by atoms with E-state index in [0.29, 0.717) is 17.8 Å². The summed E-state index contributed by atoms with van der Waals surface area (Å²) in [6, 6.07) is 29.4. The molecule has 0 aliphatic carbocycles. The van der Waals surface area contributed by atoms with Crippen LogP contribution in [0, 0.1) is 12.8 Å². The molecule has 3 aromatic carbocycles. The zero-order chi connectivity index (χ0) is 22.6. The third-order valence-corrected chi connectivity index (χ3v) is 7.69. The van der Waals surface area contributed by atoms with Crippen molar-refractivity contribution in [2.45, 2.75) is 31.6 Å². The van der Waals surface area contributed by atoms with Crippen molar-refractivity contribution in [2.24, 2.45) is 5.92 Å². The molecule has 170 valence electrons. The van der Waals surface area contributed by atoms with Crippen LogP contribution in [-0.4, -0.2) is 48.4 Å². The minimum Gasteiger partial charge on any atom is -0.338 e. The third kappa shape index (κ3) is 4.89. The fourth-order valence-electron chi connectivity index (χ4n) is 5.87. The highest BCUT2D eigenvalue weighted by molar-refractivity contribution is 5.94. The summed E-state index contributed by atoms with van der Waals surface area (Å²) in [7, 11) is 0. The smallest absolute Gasteiger partial charge is 0.253 e. The molecule has 3 aromatic rings. The second-order valence-corrected chi connectivity index (χ2v) is 9.78. The van der Waals surface area contributed by atoms with Gasteiger partial charge in [0, 0.05) is 31.1 Å². The Morgan fingerprint density at radius 1 is 0.818 bits per heavy atom. The van der Waals surface area contributed by atoms with Gasteiger partial charge in [-0.3, -0.25) is 4.79 Å². The summed E-state index contributed by atoms with van der Waals surface area (Å²) >= 11 is 0. The summed E-state index contributed by atoms with van der Waals surface area (Å²) in [4.78, 5) is 17.9. The Hall–Kier alpha value is -2.91. The third-order valence-electron chi connectivity index (χ3n) is 7.69. The van der Waals surface area contributed by atoms with E-state index < -0.39 is 0 Å². The zero-order valence-electron chi connectivity index (χ0n) is 19.6. The van der Waals surface area contributed by atoms with Gasteiger partial charge in [-0.25, -0.2) is 0 Å². The molecule has 5 rings (SSSR count). The molecule has 0 spiro atoms. The standard InChI is InChI=1S/C30H34N2O/c1-23-10-8-9-15-28(23)25-16-18-31(19-17-25)20-27-21-32(30(33)26-13-6-3-7-14-26)22-29(27)24-11-4-2-5-12-24/h2-15,25,27,29H,16-22H2,1H3/t27-,29+/m0/s1. The highest BCUT2D eigenvalue weighted by atomic mass is 16.2. The first kappa shape index (κ1) is 21.9. The summed E-state index contributed by atoms with van der Waals surface area (Å²) < 4.78 is 0. The molecular weight excluding hydrogens is 404 g/mol. The Balaban J connectivity index is 1.27. The molecule has 0 bridgehead atoms. The minimum atomic E-state index is 0.164. The fraction of sp³-hybridized carbons (Fsp3) is 0.367. The zero-order valence-corrected chi connectivity index (χ0v) is 19.6. The molecule has 2 atom stereocenters. The summed E-state index contributed by atoms with van der Waals surface area (Å²) in [5.41, 5.74) is 5.11. The van der Waals surface area contributed by atoms with E-state index >= 15 is 0 Å². The topological polar surface area (TPSA) is 23.6 Å². The fourth-order valence-corrected chi connectivity index (χ4v) is 5.87. The molecule has 2 saturated heterocycles. The van der Waals surface area contributed by atoms with Gasteiger partial charge in [0.2, 0.25) is 0 Å². The van der Waals surface area contributed by atoms with Gasteiger partial charge >= 0.3 is 0 Å². The van der Waals surface area contributed by atoms with Crippen LogP contribution in [0.4, 0.5) is 0 Å². The Bertz CT molecular complexity index is 1060. The van der Waals surface area contributed by atoms with E-state index in [1.807, 2.05) is 30.3 Å². The Morgan fingerprint density at radius 3 is 2.15 bits per heavy atom. The van der Waals surface area contributed by atoms with Gasteiger partial charge in [-0.2, -0.15) is 0 Å². The van der Waals surface area contributed by atoms with Crippen molar-refractivity contribution in [1.29, 1.82) is 0 Å². The SMILES string of the molecule is Cc1ccccc1C1CCN(C[C@H]2CN(C(=O)c3ccccc3)C[C@@H]2c2ccccc2)CC1. The summed E-state index contributed by atoms with van der Waals surface area (Å²) in [6.07, 6.45) is 2.44. The van der Waals surface area contributed by atoms with Gasteiger partial charge in [-0.05, 0) is 73.5 Å². The molecule has 0 saturated carbocycles. The molecule has 3 heteroatoms. The number of carbonyl (C=O) groups is 1. The van der Waals surface area contributed by atoms with Crippen molar-refractivity contribution >= 4 is 5.91 Å². The molecule has 2 aliphatic heterocycles. The lowest BCUT2D eigenvalue weighted by molar-refractivity contribution is 0.0781. The predicted octanol–water partition coefficient (Wildman–Crippen LogP) is 5.73. The first-order chi connectivity index (χ1) is 16.2. The molecule has 33 heavy (non-hydrogen) atoms. The number of hydrogen-bond donors (Lipinski definition) is 0. The maximum Gasteiger partial charge on any atom is 0.253 e. The number of hydrogen-bond acceptors (Lipinski definition) is 2. The average Bonchev–Trinajstić information content (AvgIpc) is 3.29. The molecular formula is C30H34N2O. The molecule has 2 aliphatic rings. The molecule has 2 fully saturated rings. The van der Waals surface area contributed by atoms with Crippen LogP contribution in [0.2, 0.25) is 0 Å². The lowest BCUT2D eigenvalue weighted by Gasteiger charge is -2.35. The van der Waals surface area contributed by atoms with Crippen molar-refractivity contribution in [1.82, 2.24) is 9.80 Å². The maximum absolute atomic E-state index is 13.2. The van der Waals surface area contributed by atoms with E-state index in [4.69, 9.17) is 0 Å². The molecule has 0 radical (unpaired) electrons. The first-order valence-electron chi connectivity index (χ1n) is 12.4. The van der Waals surface area contributed by atoms with E-state index in [1.54, 1.807) is 0 Å². The number of nitrogens with zero attached hydrogens (tertiary/aromatic N) is 2. The number of piperidine rings is 1. The summed E-state index contributed by atoms with van der Waals surface area (Å²) in [5, 5.41) is 0. The van der Waals surface area contributed by atoms with Gasteiger partial charge in [-0.15, -0.1) is 0 Å². The largest absolute Gasteiger partial charge is 0.338 e.